The maximum Gasteiger partial charge on any atom is 0.225 e. The van der Waals surface area contributed by atoms with Crippen LogP contribution in [0.1, 0.15) is 50.5 Å². The molecule has 1 saturated carbocycles. The van der Waals surface area contributed by atoms with Crippen molar-refractivity contribution in [1.82, 2.24) is 15.4 Å². The number of ether oxygens (including phenoxy) is 2. The van der Waals surface area contributed by atoms with Gasteiger partial charge in [0.1, 0.15) is 0 Å². The number of hydrogen-bond acceptors (Lipinski definition) is 7. The number of aryl methyl sites for hydroxylation is 1. The van der Waals surface area contributed by atoms with Gasteiger partial charge in [0, 0.05) is 32.2 Å². The van der Waals surface area contributed by atoms with Crippen molar-refractivity contribution in [2.24, 2.45) is 5.92 Å². The number of amides is 1. The topological polar surface area (TPSA) is 80.1 Å². The molecule has 3 heterocycles. The molecule has 186 valence electrons. The monoisotopic (exact) mass is 470 g/mol. The van der Waals surface area contributed by atoms with E-state index >= 15 is 0 Å². The summed E-state index contributed by atoms with van der Waals surface area (Å²) in [5.74, 6) is 1.80. The molecular weight excluding hydrogens is 432 g/mol. The molecule has 1 aromatic heterocycles. The molecule has 2 aromatic rings. The summed E-state index contributed by atoms with van der Waals surface area (Å²) in [4.78, 5) is 17.2. The average Bonchev–Trinajstić information content (AvgIpc) is 3.27. The Balaban J connectivity index is 0.992. The number of aromatic nitrogens is 1. The molecule has 2 aliphatic heterocycles. The van der Waals surface area contributed by atoms with E-state index in [-0.39, 0.29) is 12.2 Å². The molecule has 5 rings (SSSR count). The lowest BCUT2D eigenvalue weighted by atomic mass is 9.84. The smallest absolute Gasteiger partial charge is 0.225 e. The summed E-state index contributed by atoms with van der Waals surface area (Å²) in [5, 5.41) is 8.66. The van der Waals surface area contributed by atoms with Gasteiger partial charge in [0.25, 0.3) is 0 Å². The maximum atomic E-state index is 12.3. The second-order valence-corrected chi connectivity index (χ2v) is 10.1. The minimum absolute atomic E-state index is 0.0586. The van der Waals surface area contributed by atoms with Gasteiger partial charge in [-0.3, -0.25) is 9.69 Å². The molecule has 3 aliphatic rings. The predicted octanol–water partition coefficient (Wildman–Crippen LogP) is 3.48. The molecule has 8 heteroatoms. The van der Waals surface area contributed by atoms with Crippen molar-refractivity contribution in [3.63, 3.8) is 0 Å². The highest BCUT2D eigenvalue weighted by Crippen LogP contribution is 2.29. The number of nitrogens with one attached hydrogen (secondary N) is 1. The quantitative estimate of drug-likeness (QED) is 0.664. The summed E-state index contributed by atoms with van der Waals surface area (Å²) < 4.78 is 16.6. The maximum absolute atomic E-state index is 12.3. The van der Waals surface area contributed by atoms with Crippen molar-refractivity contribution >= 4 is 22.7 Å². The number of nitrogens with zero attached hydrogens (tertiary/aromatic N) is 3. The van der Waals surface area contributed by atoms with Crippen LogP contribution in [0.3, 0.4) is 0 Å². The van der Waals surface area contributed by atoms with Crippen molar-refractivity contribution in [3.05, 3.63) is 23.8 Å². The fourth-order valence-corrected chi connectivity index (χ4v) is 5.50. The fourth-order valence-electron chi connectivity index (χ4n) is 5.50. The van der Waals surface area contributed by atoms with E-state index in [4.69, 9.17) is 14.0 Å². The Morgan fingerprint density at radius 3 is 2.62 bits per heavy atom. The Morgan fingerprint density at radius 2 is 1.85 bits per heavy atom. The van der Waals surface area contributed by atoms with E-state index in [1.807, 2.05) is 0 Å². The van der Waals surface area contributed by atoms with Crippen molar-refractivity contribution < 1.29 is 18.8 Å². The second kappa shape index (κ2) is 11.1. The first-order chi connectivity index (χ1) is 16.6. The van der Waals surface area contributed by atoms with Gasteiger partial charge in [-0.25, -0.2) is 0 Å². The third-order valence-corrected chi connectivity index (χ3v) is 7.59. The van der Waals surface area contributed by atoms with Crippen LogP contribution in [0.2, 0.25) is 0 Å². The number of hydrogen-bond donors (Lipinski definition) is 1. The first-order valence-electron chi connectivity index (χ1n) is 13.0. The highest BCUT2D eigenvalue weighted by atomic mass is 16.7. The molecule has 1 N–H and O–H groups in total. The van der Waals surface area contributed by atoms with E-state index in [9.17, 15) is 4.79 Å². The molecule has 0 spiro atoms. The van der Waals surface area contributed by atoms with Crippen molar-refractivity contribution in [3.8, 4) is 0 Å². The van der Waals surface area contributed by atoms with Gasteiger partial charge >= 0.3 is 0 Å². The summed E-state index contributed by atoms with van der Waals surface area (Å²) in [6, 6.07) is 6.61. The lowest BCUT2D eigenvalue weighted by Crippen LogP contribution is -2.47. The summed E-state index contributed by atoms with van der Waals surface area (Å²) in [5.41, 5.74) is 2.07. The Kier molecular flexibility index (Phi) is 7.67. The number of anilines is 1. The van der Waals surface area contributed by atoms with Gasteiger partial charge in [0.15, 0.2) is 17.7 Å². The lowest BCUT2D eigenvalue weighted by molar-refractivity contribution is -0.184. The summed E-state index contributed by atoms with van der Waals surface area (Å²) in [6.45, 7) is 8.72. The van der Waals surface area contributed by atoms with Crippen LogP contribution in [-0.4, -0.2) is 74.2 Å². The zero-order valence-electron chi connectivity index (χ0n) is 20.3. The van der Waals surface area contributed by atoms with Crippen LogP contribution < -0.4 is 10.2 Å². The Labute approximate surface area is 201 Å². The molecule has 0 atom stereocenters. The normalized spacial score (nSPS) is 25.0. The third-order valence-electron chi connectivity index (χ3n) is 7.59. The van der Waals surface area contributed by atoms with Crippen LogP contribution in [0, 0.1) is 12.8 Å². The Hall–Kier alpha value is -2.16. The van der Waals surface area contributed by atoms with Crippen LogP contribution in [0.4, 0.5) is 5.82 Å². The van der Waals surface area contributed by atoms with Crippen molar-refractivity contribution in [2.45, 2.75) is 64.2 Å². The van der Waals surface area contributed by atoms with Crippen LogP contribution >= 0.6 is 0 Å². The number of piperazine rings is 1. The molecule has 8 nitrogen and oxygen atoms in total. The molecule has 0 unspecified atom stereocenters. The van der Waals surface area contributed by atoms with E-state index in [2.05, 4.69) is 45.4 Å². The van der Waals surface area contributed by atoms with Crippen molar-refractivity contribution in [2.75, 3.05) is 50.8 Å². The Bertz CT molecular complexity index is 941. The number of carbonyl (C=O) groups excluding carboxylic acids is 1. The summed E-state index contributed by atoms with van der Waals surface area (Å²) >= 11 is 0. The zero-order valence-corrected chi connectivity index (χ0v) is 20.3. The minimum Gasteiger partial charge on any atom is -0.354 e. The van der Waals surface area contributed by atoms with E-state index in [1.165, 1.54) is 24.8 Å². The summed E-state index contributed by atoms with van der Waals surface area (Å²) in [6.07, 6.45) is 6.67. The minimum atomic E-state index is -0.363. The van der Waals surface area contributed by atoms with Gasteiger partial charge in [0.05, 0.1) is 25.0 Å². The van der Waals surface area contributed by atoms with Gasteiger partial charge in [-0.1, -0.05) is 11.2 Å². The highest BCUT2D eigenvalue weighted by molar-refractivity contribution is 5.89. The molecular formula is C26H38N4O4. The standard InChI is InChI=1S/C26H38N4O4/c1-19-3-8-22-23(17-19)34-28-26(22)30-13-11-29(12-14-30)10-9-20-4-6-21(7-5-20)27-24(31)18-25-32-15-2-16-33-25/h3,8,17,20-21,25H,2,4-7,9-16,18H2,1H3,(H,27,31)/t20-,21-. The van der Waals surface area contributed by atoms with E-state index < -0.39 is 0 Å². The lowest BCUT2D eigenvalue weighted by Gasteiger charge is -2.36. The molecule has 1 amide bonds. The first-order valence-corrected chi connectivity index (χ1v) is 13.0. The van der Waals surface area contributed by atoms with E-state index in [1.54, 1.807) is 0 Å². The van der Waals surface area contributed by atoms with Crippen molar-refractivity contribution in [1.29, 1.82) is 0 Å². The predicted molar refractivity (Wildman–Crippen MR) is 131 cm³/mol. The molecule has 2 saturated heterocycles. The van der Waals surface area contributed by atoms with E-state index in [0.717, 1.165) is 74.7 Å². The fraction of sp³-hybridized carbons (Fsp3) is 0.692. The molecule has 34 heavy (non-hydrogen) atoms. The first kappa shape index (κ1) is 23.6. The number of rotatable bonds is 7. The number of carbonyl (C=O) groups is 1. The van der Waals surface area contributed by atoms with Crippen LogP contribution in [-0.2, 0) is 14.3 Å². The zero-order chi connectivity index (χ0) is 23.3. The number of benzene rings is 1. The van der Waals surface area contributed by atoms with Gasteiger partial charge in [-0.2, -0.15) is 0 Å². The highest BCUT2D eigenvalue weighted by Gasteiger charge is 2.26. The van der Waals surface area contributed by atoms with Gasteiger partial charge in [-0.05, 0) is 75.6 Å². The van der Waals surface area contributed by atoms with Crippen LogP contribution in [0.25, 0.3) is 11.0 Å². The summed E-state index contributed by atoms with van der Waals surface area (Å²) in [7, 11) is 0. The van der Waals surface area contributed by atoms with Gasteiger partial charge in [0.2, 0.25) is 5.91 Å². The van der Waals surface area contributed by atoms with Gasteiger partial charge < -0.3 is 24.2 Å². The molecule has 1 aliphatic carbocycles. The number of fused-ring (bicyclic) bond motifs is 1. The van der Waals surface area contributed by atoms with Crippen LogP contribution in [0.15, 0.2) is 22.7 Å². The van der Waals surface area contributed by atoms with E-state index in [0.29, 0.717) is 25.7 Å². The SMILES string of the molecule is Cc1ccc2c(N3CCN(CC[C@H]4CC[C@H](NC(=O)CC5OCCCO5)CC4)CC3)noc2c1. The van der Waals surface area contributed by atoms with Gasteiger partial charge in [-0.15, -0.1) is 0 Å². The average molecular weight is 471 g/mol. The molecule has 0 bridgehead atoms. The largest absolute Gasteiger partial charge is 0.354 e. The third kappa shape index (κ3) is 5.90. The molecule has 0 radical (unpaired) electrons. The Morgan fingerprint density at radius 1 is 1.09 bits per heavy atom. The molecule has 1 aromatic carbocycles. The second-order valence-electron chi connectivity index (χ2n) is 10.1. The van der Waals surface area contributed by atoms with Crippen LogP contribution in [0.5, 0.6) is 0 Å². The molecule has 3 fully saturated rings.